The Balaban J connectivity index is 2.18. The van der Waals surface area contributed by atoms with Crippen LogP contribution in [0.5, 0.6) is 0 Å². The molecule has 0 saturated carbocycles. The van der Waals surface area contributed by atoms with Crippen molar-refractivity contribution in [3.05, 3.63) is 34.9 Å². The number of benzene rings is 1. The first-order valence-electron chi connectivity index (χ1n) is 5.73. The van der Waals surface area contributed by atoms with Crippen LogP contribution >= 0.6 is 0 Å². The summed E-state index contributed by atoms with van der Waals surface area (Å²) in [5, 5.41) is 2.31. The van der Waals surface area contributed by atoms with Crippen LogP contribution in [0.4, 0.5) is 0 Å². The summed E-state index contributed by atoms with van der Waals surface area (Å²) >= 11 is 0. The van der Waals surface area contributed by atoms with Crippen molar-refractivity contribution < 1.29 is 9.59 Å². The van der Waals surface area contributed by atoms with E-state index in [0.717, 1.165) is 12.1 Å². The molecule has 0 unspecified atom stereocenters. The van der Waals surface area contributed by atoms with Gasteiger partial charge in [-0.05, 0) is 25.1 Å². The van der Waals surface area contributed by atoms with E-state index in [1.165, 1.54) is 0 Å². The average molecular weight is 242 g/mol. The van der Waals surface area contributed by atoms with Gasteiger partial charge < -0.3 is 0 Å². The van der Waals surface area contributed by atoms with Gasteiger partial charge in [0.15, 0.2) is 0 Å². The Morgan fingerprint density at radius 3 is 2.83 bits per heavy atom. The minimum atomic E-state index is -0.311. The maximum absolute atomic E-state index is 11.7. The van der Waals surface area contributed by atoms with Crippen LogP contribution in [0.15, 0.2) is 18.2 Å². The predicted molar refractivity (Wildman–Crippen MR) is 68.3 cm³/mol. The maximum atomic E-state index is 11.7. The zero-order valence-corrected chi connectivity index (χ0v) is 10.2. The van der Waals surface area contributed by atoms with Gasteiger partial charge >= 0.3 is 0 Å². The molecule has 0 fully saturated rings. The van der Waals surface area contributed by atoms with E-state index in [1.807, 2.05) is 18.0 Å². The SMILES string of the molecule is C#CCN(C)CCc1cccc2c1C(=O)NC2=O. The van der Waals surface area contributed by atoms with E-state index >= 15 is 0 Å². The minimum Gasteiger partial charge on any atom is -0.295 e. The quantitative estimate of drug-likeness (QED) is 0.624. The van der Waals surface area contributed by atoms with E-state index < -0.39 is 0 Å². The van der Waals surface area contributed by atoms with Crippen LogP contribution in [0, 0.1) is 12.3 Å². The van der Waals surface area contributed by atoms with Gasteiger partial charge in [-0.1, -0.05) is 18.1 Å². The Labute approximate surface area is 106 Å². The fraction of sp³-hybridized carbons (Fsp3) is 0.286. The molecule has 0 spiro atoms. The summed E-state index contributed by atoms with van der Waals surface area (Å²) in [6, 6.07) is 5.35. The molecule has 1 aromatic carbocycles. The van der Waals surface area contributed by atoms with Crippen molar-refractivity contribution in [2.24, 2.45) is 0 Å². The van der Waals surface area contributed by atoms with Crippen LogP contribution in [0.25, 0.3) is 0 Å². The van der Waals surface area contributed by atoms with Crippen LogP contribution in [0.2, 0.25) is 0 Å². The largest absolute Gasteiger partial charge is 0.295 e. The van der Waals surface area contributed by atoms with Gasteiger partial charge in [-0.3, -0.25) is 19.8 Å². The Bertz CT molecular complexity index is 543. The zero-order chi connectivity index (χ0) is 13.1. The first kappa shape index (κ1) is 12.3. The van der Waals surface area contributed by atoms with E-state index in [1.54, 1.807) is 12.1 Å². The lowest BCUT2D eigenvalue weighted by Gasteiger charge is -2.13. The molecule has 1 aromatic rings. The van der Waals surface area contributed by atoms with Gasteiger partial charge in [0.25, 0.3) is 11.8 Å². The van der Waals surface area contributed by atoms with Crippen molar-refractivity contribution in [2.45, 2.75) is 6.42 Å². The predicted octanol–water partition coefficient (Wildman–Crippen LogP) is 0.678. The number of nitrogens with one attached hydrogen (secondary N) is 1. The normalized spacial score (nSPS) is 13.4. The molecule has 1 heterocycles. The van der Waals surface area contributed by atoms with E-state index in [4.69, 9.17) is 6.42 Å². The van der Waals surface area contributed by atoms with Crippen molar-refractivity contribution in [3.8, 4) is 12.3 Å². The molecule has 4 nitrogen and oxygen atoms in total. The number of nitrogens with zero attached hydrogens (tertiary/aromatic N) is 1. The van der Waals surface area contributed by atoms with Gasteiger partial charge in [0.05, 0.1) is 17.7 Å². The van der Waals surface area contributed by atoms with E-state index in [-0.39, 0.29) is 11.8 Å². The van der Waals surface area contributed by atoms with Crippen molar-refractivity contribution in [3.63, 3.8) is 0 Å². The van der Waals surface area contributed by atoms with Gasteiger partial charge in [-0.2, -0.15) is 0 Å². The zero-order valence-electron chi connectivity index (χ0n) is 10.2. The topological polar surface area (TPSA) is 49.4 Å². The molecule has 1 N–H and O–H groups in total. The number of hydrogen-bond acceptors (Lipinski definition) is 3. The lowest BCUT2D eigenvalue weighted by molar-refractivity contribution is 0.0879. The van der Waals surface area contributed by atoms with Gasteiger partial charge in [0.1, 0.15) is 0 Å². The fourth-order valence-corrected chi connectivity index (χ4v) is 2.04. The van der Waals surface area contributed by atoms with Gasteiger partial charge in [-0.25, -0.2) is 0 Å². The second kappa shape index (κ2) is 5.03. The van der Waals surface area contributed by atoms with Crippen molar-refractivity contribution in [1.82, 2.24) is 10.2 Å². The summed E-state index contributed by atoms with van der Waals surface area (Å²) < 4.78 is 0. The number of carbonyl (C=O) groups is 2. The number of terminal acetylenes is 1. The molecule has 92 valence electrons. The fourth-order valence-electron chi connectivity index (χ4n) is 2.04. The lowest BCUT2D eigenvalue weighted by atomic mass is 10.0. The van der Waals surface area contributed by atoms with Gasteiger partial charge in [0.2, 0.25) is 0 Å². The molecule has 2 rings (SSSR count). The maximum Gasteiger partial charge on any atom is 0.259 e. The lowest BCUT2D eigenvalue weighted by Crippen LogP contribution is -2.23. The van der Waals surface area contributed by atoms with Crippen molar-refractivity contribution >= 4 is 11.8 Å². The molecule has 0 aromatic heterocycles. The number of imide groups is 1. The summed E-state index contributed by atoms with van der Waals surface area (Å²) in [6.45, 7) is 1.32. The third-order valence-corrected chi connectivity index (χ3v) is 2.97. The Morgan fingerprint density at radius 2 is 2.11 bits per heavy atom. The number of rotatable bonds is 4. The summed E-state index contributed by atoms with van der Waals surface area (Å²) in [5.41, 5.74) is 1.87. The van der Waals surface area contributed by atoms with Crippen LogP contribution in [-0.2, 0) is 6.42 Å². The highest BCUT2D eigenvalue weighted by atomic mass is 16.2. The van der Waals surface area contributed by atoms with E-state index in [0.29, 0.717) is 24.1 Å². The molecule has 18 heavy (non-hydrogen) atoms. The van der Waals surface area contributed by atoms with Gasteiger partial charge in [0, 0.05) is 6.54 Å². The first-order chi connectivity index (χ1) is 8.63. The molecular weight excluding hydrogens is 228 g/mol. The van der Waals surface area contributed by atoms with E-state index in [9.17, 15) is 9.59 Å². The second-order valence-corrected chi connectivity index (χ2v) is 4.31. The highest BCUT2D eigenvalue weighted by molar-refractivity contribution is 6.22. The molecule has 2 amide bonds. The standard InChI is InChI=1S/C14H14N2O2/c1-3-8-16(2)9-7-10-5-4-6-11-12(10)14(18)15-13(11)17/h1,4-6H,7-9H2,2H3,(H,15,17,18). The number of carbonyl (C=O) groups excluding carboxylic acids is 2. The van der Waals surface area contributed by atoms with Crippen LogP contribution in [-0.4, -0.2) is 36.9 Å². The summed E-state index contributed by atoms with van der Waals surface area (Å²) in [5.74, 6) is 1.95. The highest BCUT2D eigenvalue weighted by Gasteiger charge is 2.28. The molecular formula is C14H14N2O2. The molecule has 1 aliphatic heterocycles. The number of amides is 2. The molecule has 0 aliphatic carbocycles. The summed E-state index contributed by atoms with van der Waals surface area (Å²) in [4.78, 5) is 25.2. The van der Waals surface area contributed by atoms with Crippen LogP contribution in [0.1, 0.15) is 26.3 Å². The molecule has 4 heteroatoms. The van der Waals surface area contributed by atoms with Crippen LogP contribution < -0.4 is 5.32 Å². The third kappa shape index (κ3) is 2.27. The molecule has 0 radical (unpaired) electrons. The monoisotopic (exact) mass is 242 g/mol. The molecule has 1 aliphatic rings. The molecule has 0 bridgehead atoms. The molecule has 0 atom stereocenters. The first-order valence-corrected chi connectivity index (χ1v) is 5.73. The third-order valence-electron chi connectivity index (χ3n) is 2.97. The smallest absolute Gasteiger partial charge is 0.259 e. The summed E-state index contributed by atoms with van der Waals surface area (Å²) in [6.07, 6.45) is 5.92. The average Bonchev–Trinajstić information content (AvgIpc) is 2.64. The van der Waals surface area contributed by atoms with Gasteiger partial charge in [-0.15, -0.1) is 6.42 Å². The Kier molecular flexibility index (Phi) is 3.45. The minimum absolute atomic E-state index is 0.301. The molecule has 0 saturated heterocycles. The Hall–Kier alpha value is -2.12. The number of hydrogen-bond donors (Lipinski definition) is 1. The van der Waals surface area contributed by atoms with Crippen molar-refractivity contribution in [2.75, 3.05) is 20.1 Å². The van der Waals surface area contributed by atoms with Crippen molar-refractivity contribution in [1.29, 1.82) is 0 Å². The number of fused-ring (bicyclic) bond motifs is 1. The van der Waals surface area contributed by atoms with E-state index in [2.05, 4.69) is 11.2 Å². The highest BCUT2D eigenvalue weighted by Crippen LogP contribution is 2.20. The second-order valence-electron chi connectivity index (χ2n) is 4.31. The number of likely N-dealkylation sites (N-methyl/N-ethyl adjacent to an activating group) is 1. The summed E-state index contributed by atoms with van der Waals surface area (Å²) in [7, 11) is 1.92. The van der Waals surface area contributed by atoms with Crippen LogP contribution in [0.3, 0.4) is 0 Å². The Morgan fingerprint density at radius 1 is 1.33 bits per heavy atom.